The van der Waals surface area contributed by atoms with E-state index < -0.39 is 78.1 Å². The third-order valence-electron chi connectivity index (χ3n) is 10.9. The third-order valence-corrected chi connectivity index (χ3v) is 11.6. The number of aliphatic imine (C=N–C) groups is 1. The fourth-order valence-electron chi connectivity index (χ4n) is 7.41. The lowest BCUT2D eigenvalue weighted by Crippen LogP contribution is -2.59. The van der Waals surface area contributed by atoms with Gasteiger partial charge in [-0.15, -0.1) is 0 Å². The van der Waals surface area contributed by atoms with Gasteiger partial charge in [0.2, 0.25) is 47.3 Å². The van der Waals surface area contributed by atoms with Gasteiger partial charge in [-0.25, -0.2) is 0 Å². The number of nitrogens with two attached hydrogens (primary N) is 3. The van der Waals surface area contributed by atoms with E-state index in [0.29, 0.717) is 61.9 Å². The van der Waals surface area contributed by atoms with Gasteiger partial charge in [0.15, 0.2) is 5.96 Å². The highest BCUT2D eigenvalue weighted by atomic mass is 32.2. The Morgan fingerprint density at radius 2 is 1.36 bits per heavy atom. The maximum atomic E-state index is 14.9. The summed E-state index contributed by atoms with van der Waals surface area (Å²) >= 11 is 1.49. The Morgan fingerprint density at radius 1 is 0.761 bits per heavy atom. The Labute approximate surface area is 398 Å². The number of thioether (sulfide) groups is 1. The molecule has 19 nitrogen and oxygen atoms in total. The smallest absolute Gasteiger partial charge is 0.245 e. The molecule has 1 aliphatic rings. The average molecular weight is 950 g/mol. The zero-order valence-electron chi connectivity index (χ0n) is 39.1. The number of nitrogens with zero attached hydrogens (tertiary/aromatic N) is 2. The maximum absolute atomic E-state index is 14.9. The predicted octanol–water partition coefficient (Wildman–Crippen LogP) is 0.533. The molecule has 3 rings (SSSR count). The summed E-state index contributed by atoms with van der Waals surface area (Å²) in [5.41, 5.74) is 18.0. The number of amides is 8. The molecule has 0 unspecified atom stereocenters. The molecule has 20 heteroatoms. The molecule has 0 spiro atoms. The van der Waals surface area contributed by atoms with Crippen LogP contribution in [-0.2, 0) is 51.2 Å². The molecule has 0 aromatic heterocycles. The number of rotatable bonds is 19. The molecule has 1 aliphatic heterocycles. The second-order valence-electron chi connectivity index (χ2n) is 17.1. The van der Waals surface area contributed by atoms with E-state index >= 15 is 0 Å². The van der Waals surface area contributed by atoms with Gasteiger partial charge in [-0.05, 0) is 67.6 Å². The van der Waals surface area contributed by atoms with E-state index in [1.54, 1.807) is 48.5 Å². The summed E-state index contributed by atoms with van der Waals surface area (Å²) in [6, 6.07) is 12.4. The van der Waals surface area contributed by atoms with Gasteiger partial charge in [-0.2, -0.15) is 11.8 Å². The molecule has 0 radical (unpaired) electrons. The largest absolute Gasteiger partial charge is 0.370 e. The van der Waals surface area contributed by atoms with E-state index in [4.69, 9.17) is 17.2 Å². The topological polar surface area (TPSA) is 302 Å². The van der Waals surface area contributed by atoms with Crippen LogP contribution < -0.4 is 49.1 Å². The van der Waals surface area contributed by atoms with E-state index in [1.807, 2.05) is 32.2 Å². The third kappa shape index (κ3) is 21.8. The van der Waals surface area contributed by atoms with Gasteiger partial charge in [0.05, 0.1) is 6.54 Å². The zero-order valence-corrected chi connectivity index (χ0v) is 39.9. The molecule has 1 saturated heterocycles. The minimum absolute atomic E-state index is 0.0127. The number of carbonyl (C=O) groups is 8. The lowest BCUT2D eigenvalue weighted by molar-refractivity contribution is -0.140. The summed E-state index contributed by atoms with van der Waals surface area (Å²) in [4.78, 5) is 115. The lowest BCUT2D eigenvalue weighted by atomic mass is 10.0. The van der Waals surface area contributed by atoms with Crippen molar-refractivity contribution in [2.24, 2.45) is 28.1 Å². The first-order valence-electron chi connectivity index (χ1n) is 23.0. The standard InChI is InChI=1S/C47H71N11O8S/c1-31(2)27-36(44(64)55-34(42(48)62)22-26-67-3)54-41(61)30-58-25-13-5-4-12-23-51-39(59)20-21-40(60)53-35(19-14-24-52-47(49)50)43(63)56-37(28-32-15-8-6-9-16-32)45(65)57-38(46(58)66)29-33-17-10-7-11-18-33/h6-11,15-18,31,34-38H,4-5,12-14,19-30H2,1-3H3,(H2,48,62)(H,51,59)(H,53,60)(H,54,61)(H,55,64)(H,56,63)(H,57,65)(H4,49,50,52)/t34-,35-,36-,37-,38-/m0/s1. The summed E-state index contributed by atoms with van der Waals surface area (Å²) in [5.74, 6) is -4.34. The van der Waals surface area contributed by atoms with Crippen LogP contribution in [0.25, 0.3) is 0 Å². The van der Waals surface area contributed by atoms with E-state index in [2.05, 4.69) is 36.9 Å². The zero-order chi connectivity index (χ0) is 49.1. The van der Waals surface area contributed by atoms with E-state index in [-0.39, 0.29) is 69.4 Å². The molecule has 5 atom stereocenters. The monoisotopic (exact) mass is 950 g/mol. The number of hydrogen-bond donors (Lipinski definition) is 9. The van der Waals surface area contributed by atoms with Gasteiger partial charge in [0.1, 0.15) is 30.2 Å². The van der Waals surface area contributed by atoms with Crippen molar-refractivity contribution in [1.29, 1.82) is 0 Å². The van der Waals surface area contributed by atoms with E-state index in [9.17, 15) is 38.4 Å². The normalized spacial score (nSPS) is 19.3. The number of nitrogens with one attached hydrogen (secondary N) is 6. The Kier molecular flexibility index (Phi) is 24.8. The molecule has 8 amide bonds. The van der Waals surface area contributed by atoms with E-state index in [0.717, 1.165) is 0 Å². The van der Waals surface area contributed by atoms with Gasteiger partial charge in [0, 0.05) is 45.3 Å². The van der Waals surface area contributed by atoms with Crippen LogP contribution in [0.1, 0.15) is 89.2 Å². The van der Waals surface area contributed by atoms with Crippen molar-refractivity contribution in [3.05, 3.63) is 71.8 Å². The highest BCUT2D eigenvalue weighted by Crippen LogP contribution is 2.13. The Balaban J connectivity index is 2.03. The van der Waals surface area contributed by atoms with Crippen molar-refractivity contribution in [2.45, 2.75) is 121 Å². The van der Waals surface area contributed by atoms with Gasteiger partial charge in [0.25, 0.3) is 0 Å². The fraction of sp³-hybridized carbons (Fsp3) is 0.553. The van der Waals surface area contributed by atoms with Crippen LogP contribution in [0.3, 0.4) is 0 Å². The first-order chi connectivity index (χ1) is 32.1. The van der Waals surface area contributed by atoms with Crippen molar-refractivity contribution in [2.75, 3.05) is 38.2 Å². The molecular weight excluding hydrogens is 879 g/mol. The highest BCUT2D eigenvalue weighted by Gasteiger charge is 2.34. The Bertz CT molecular complexity index is 1950. The first-order valence-corrected chi connectivity index (χ1v) is 24.4. The molecule has 0 bridgehead atoms. The number of hydrogen-bond acceptors (Lipinski definition) is 10. The van der Waals surface area contributed by atoms with Crippen LogP contribution in [0.2, 0.25) is 0 Å². The molecule has 2 aromatic rings. The summed E-state index contributed by atoms with van der Waals surface area (Å²) in [6.45, 7) is 3.93. The van der Waals surface area contributed by atoms with Crippen molar-refractivity contribution in [3.8, 4) is 0 Å². The van der Waals surface area contributed by atoms with Crippen molar-refractivity contribution in [1.82, 2.24) is 36.8 Å². The number of benzene rings is 2. The van der Waals surface area contributed by atoms with Crippen LogP contribution in [0.4, 0.5) is 0 Å². The predicted molar refractivity (Wildman–Crippen MR) is 259 cm³/mol. The van der Waals surface area contributed by atoms with Crippen LogP contribution in [0.5, 0.6) is 0 Å². The van der Waals surface area contributed by atoms with Crippen LogP contribution in [-0.4, -0.2) is 127 Å². The Hall–Kier alpha value is -6.18. The maximum Gasteiger partial charge on any atom is 0.245 e. The van der Waals surface area contributed by atoms with Crippen molar-refractivity contribution in [3.63, 3.8) is 0 Å². The average Bonchev–Trinajstić information content (AvgIpc) is 3.28. The van der Waals surface area contributed by atoms with Gasteiger partial charge in [-0.1, -0.05) is 87.4 Å². The molecule has 368 valence electrons. The molecular formula is C47H71N11O8S. The summed E-state index contributed by atoms with van der Waals surface area (Å²) < 4.78 is 0. The van der Waals surface area contributed by atoms with Crippen LogP contribution in [0.15, 0.2) is 65.7 Å². The molecule has 0 aliphatic carbocycles. The lowest BCUT2D eigenvalue weighted by Gasteiger charge is -2.30. The van der Waals surface area contributed by atoms with Crippen molar-refractivity contribution >= 4 is 65.0 Å². The highest BCUT2D eigenvalue weighted by molar-refractivity contribution is 7.98. The molecule has 67 heavy (non-hydrogen) atoms. The Morgan fingerprint density at radius 3 is 1.97 bits per heavy atom. The first kappa shape index (κ1) is 55.1. The summed E-state index contributed by atoms with van der Waals surface area (Å²) in [5, 5.41) is 16.7. The molecule has 0 saturated carbocycles. The second kappa shape index (κ2) is 30.2. The number of primary amides is 1. The van der Waals surface area contributed by atoms with Crippen LogP contribution >= 0.6 is 11.8 Å². The minimum atomic E-state index is -1.25. The van der Waals surface area contributed by atoms with Crippen LogP contribution in [0, 0.1) is 5.92 Å². The van der Waals surface area contributed by atoms with Gasteiger partial charge < -0.3 is 54.0 Å². The minimum Gasteiger partial charge on any atom is -0.370 e. The molecule has 1 heterocycles. The summed E-state index contributed by atoms with van der Waals surface area (Å²) in [7, 11) is 0. The fourth-order valence-corrected chi connectivity index (χ4v) is 7.89. The van der Waals surface area contributed by atoms with Crippen molar-refractivity contribution < 1.29 is 38.4 Å². The van der Waals surface area contributed by atoms with Gasteiger partial charge in [-0.3, -0.25) is 43.3 Å². The SMILES string of the molecule is CSCC[C@H](NC(=O)[C@H](CC(C)C)NC(=O)CN1CCCCCCNC(=O)CCC(=O)N[C@@H](CCCN=C(N)N)C(=O)N[C@@H](Cc2ccccc2)C(=O)N[C@@H](Cc2ccccc2)C1=O)C(N)=O. The number of carbonyl (C=O) groups excluding carboxylic acids is 8. The quantitative estimate of drug-likeness (QED) is 0.0532. The second-order valence-corrected chi connectivity index (χ2v) is 18.1. The molecule has 1 fully saturated rings. The molecule has 12 N–H and O–H groups in total. The molecule has 2 aromatic carbocycles. The summed E-state index contributed by atoms with van der Waals surface area (Å²) in [6.07, 6.45) is 4.90. The van der Waals surface area contributed by atoms with Gasteiger partial charge >= 0.3 is 0 Å². The van der Waals surface area contributed by atoms with E-state index in [1.165, 1.54) is 16.7 Å². The number of guanidine groups is 1.